The number of rotatable bonds is 4. The summed E-state index contributed by atoms with van der Waals surface area (Å²) in [6, 6.07) is 6.36. The van der Waals surface area contributed by atoms with Crippen LogP contribution in [0.5, 0.6) is 0 Å². The van der Waals surface area contributed by atoms with Crippen LogP contribution in [0.25, 0.3) is 33.8 Å². The zero-order valence-electron chi connectivity index (χ0n) is 15.1. The third kappa shape index (κ3) is 2.99. The van der Waals surface area contributed by atoms with E-state index in [0.29, 0.717) is 0 Å². The Labute approximate surface area is 150 Å². The van der Waals surface area contributed by atoms with Gasteiger partial charge in [0.05, 0.1) is 18.6 Å². The predicted molar refractivity (Wildman–Crippen MR) is 95.8 cm³/mol. The van der Waals surface area contributed by atoms with Gasteiger partial charge in [-0.2, -0.15) is 0 Å². The van der Waals surface area contributed by atoms with Gasteiger partial charge in [0.15, 0.2) is 0 Å². The predicted octanol–water partition coefficient (Wildman–Crippen LogP) is 2.12. The number of hydrogen-bond donors (Lipinski definition) is 0. The summed E-state index contributed by atoms with van der Waals surface area (Å²) >= 11 is 0. The highest BCUT2D eigenvalue weighted by molar-refractivity contribution is 5.77. The van der Waals surface area contributed by atoms with Crippen molar-refractivity contribution < 1.29 is 0 Å². The number of hydrogen-bond acceptors (Lipinski definition) is 6. The highest BCUT2D eigenvalue weighted by Crippen LogP contribution is 2.30. The van der Waals surface area contributed by atoms with Gasteiger partial charge in [-0.1, -0.05) is 15.6 Å². The van der Waals surface area contributed by atoms with E-state index in [9.17, 15) is 0 Å². The van der Waals surface area contributed by atoms with Crippen molar-refractivity contribution in [1.82, 2.24) is 45.0 Å². The molecule has 0 unspecified atom stereocenters. The van der Waals surface area contributed by atoms with Crippen LogP contribution in [-0.2, 0) is 14.1 Å². The molecule has 3 heterocycles. The van der Waals surface area contributed by atoms with Gasteiger partial charge in [-0.25, -0.2) is 4.68 Å². The first-order valence-corrected chi connectivity index (χ1v) is 8.30. The van der Waals surface area contributed by atoms with E-state index in [4.69, 9.17) is 0 Å². The average Bonchev–Trinajstić information content (AvgIpc) is 3.34. The molecule has 26 heavy (non-hydrogen) atoms. The van der Waals surface area contributed by atoms with Crippen LogP contribution in [0.2, 0.25) is 0 Å². The van der Waals surface area contributed by atoms with E-state index in [1.165, 1.54) is 0 Å². The molecule has 9 heteroatoms. The first-order valence-electron chi connectivity index (χ1n) is 8.30. The van der Waals surface area contributed by atoms with Gasteiger partial charge >= 0.3 is 0 Å². The number of nitrogens with zero attached hydrogens (tertiary/aromatic N) is 9. The minimum atomic E-state index is 0.249. The summed E-state index contributed by atoms with van der Waals surface area (Å²) in [5.41, 5.74) is 5.20. The normalized spacial score (nSPS) is 11.4. The summed E-state index contributed by atoms with van der Waals surface area (Å²) in [6.45, 7) is 4.14. The molecular formula is C17H19N9. The fourth-order valence-corrected chi connectivity index (χ4v) is 2.69. The van der Waals surface area contributed by atoms with Crippen molar-refractivity contribution in [2.24, 2.45) is 14.1 Å². The average molecular weight is 349 g/mol. The molecule has 0 aliphatic rings. The zero-order valence-corrected chi connectivity index (χ0v) is 15.1. The first-order chi connectivity index (χ1) is 12.5. The van der Waals surface area contributed by atoms with Crippen LogP contribution < -0.4 is 0 Å². The van der Waals surface area contributed by atoms with Gasteiger partial charge < -0.3 is 0 Å². The molecule has 3 aromatic heterocycles. The van der Waals surface area contributed by atoms with Gasteiger partial charge in [-0.05, 0) is 32.0 Å². The Morgan fingerprint density at radius 3 is 1.42 bits per heavy atom. The second-order valence-corrected chi connectivity index (χ2v) is 6.53. The molecule has 1 aromatic carbocycles. The zero-order chi connectivity index (χ0) is 18.3. The molecule has 0 aliphatic carbocycles. The Bertz CT molecular complexity index is 995. The standard InChI is InChI=1S/C17H19N9/c1-11(2)26-10-17(20-23-26)14-6-12(15-8-24(3)21-18-15)5-13(7-14)16-9-25(4)22-19-16/h5-11H,1-4H3. The van der Waals surface area contributed by atoms with Crippen molar-refractivity contribution in [2.75, 3.05) is 0 Å². The van der Waals surface area contributed by atoms with Crippen molar-refractivity contribution >= 4 is 0 Å². The number of benzene rings is 1. The molecule has 0 bridgehead atoms. The molecule has 4 rings (SSSR count). The van der Waals surface area contributed by atoms with Gasteiger partial charge in [-0.3, -0.25) is 9.36 Å². The smallest absolute Gasteiger partial charge is 0.113 e. The highest BCUT2D eigenvalue weighted by atomic mass is 15.4. The van der Waals surface area contributed by atoms with Crippen molar-refractivity contribution in [3.63, 3.8) is 0 Å². The maximum atomic E-state index is 4.32. The molecule has 0 amide bonds. The summed E-state index contributed by atoms with van der Waals surface area (Å²) in [7, 11) is 3.69. The van der Waals surface area contributed by atoms with E-state index in [1.54, 1.807) is 9.36 Å². The van der Waals surface area contributed by atoms with E-state index in [1.807, 2.05) is 55.6 Å². The monoisotopic (exact) mass is 349 g/mol. The first kappa shape index (κ1) is 16.1. The van der Waals surface area contributed by atoms with Crippen LogP contribution in [0.1, 0.15) is 19.9 Å². The summed E-state index contributed by atoms with van der Waals surface area (Å²) in [4.78, 5) is 0. The SMILES string of the molecule is CC(C)n1cc(-c2cc(-c3cn(C)nn3)cc(-c3cn(C)nn3)c2)nn1. The van der Waals surface area contributed by atoms with Crippen molar-refractivity contribution in [3.8, 4) is 33.8 Å². The summed E-state index contributed by atoms with van der Waals surface area (Å²) < 4.78 is 5.20. The second-order valence-electron chi connectivity index (χ2n) is 6.53. The van der Waals surface area contributed by atoms with Crippen LogP contribution in [0.15, 0.2) is 36.8 Å². The molecule has 4 aromatic rings. The lowest BCUT2D eigenvalue weighted by molar-refractivity contribution is 0.514. The van der Waals surface area contributed by atoms with Gasteiger partial charge in [-0.15, -0.1) is 15.3 Å². The van der Waals surface area contributed by atoms with Gasteiger partial charge in [0.2, 0.25) is 0 Å². The molecule has 9 nitrogen and oxygen atoms in total. The summed E-state index contributed by atoms with van der Waals surface area (Å²) in [5.74, 6) is 0. The van der Waals surface area contributed by atoms with E-state index in [2.05, 4.69) is 44.8 Å². The minimum Gasteiger partial charge on any atom is -0.255 e. The lowest BCUT2D eigenvalue weighted by atomic mass is 10.0. The Morgan fingerprint density at radius 1 is 0.654 bits per heavy atom. The fourth-order valence-electron chi connectivity index (χ4n) is 2.69. The number of aryl methyl sites for hydroxylation is 2. The lowest BCUT2D eigenvalue weighted by Crippen LogP contribution is -2.00. The molecule has 132 valence electrons. The highest BCUT2D eigenvalue weighted by Gasteiger charge is 2.13. The second kappa shape index (κ2) is 6.17. The van der Waals surface area contributed by atoms with Crippen LogP contribution >= 0.6 is 0 Å². The maximum Gasteiger partial charge on any atom is 0.113 e. The van der Waals surface area contributed by atoms with Crippen molar-refractivity contribution in [1.29, 1.82) is 0 Å². The van der Waals surface area contributed by atoms with Gasteiger partial charge in [0.1, 0.15) is 17.1 Å². The third-order valence-corrected chi connectivity index (χ3v) is 4.07. The Morgan fingerprint density at radius 2 is 1.08 bits per heavy atom. The molecule has 0 aliphatic heterocycles. The van der Waals surface area contributed by atoms with Gasteiger partial charge in [0, 0.05) is 36.8 Å². The van der Waals surface area contributed by atoms with Crippen molar-refractivity contribution in [3.05, 3.63) is 36.8 Å². The van der Waals surface area contributed by atoms with Crippen molar-refractivity contribution in [2.45, 2.75) is 19.9 Å². The van der Waals surface area contributed by atoms with Crippen LogP contribution in [0.3, 0.4) is 0 Å². The summed E-state index contributed by atoms with van der Waals surface area (Å²) in [6.07, 6.45) is 5.70. The molecule has 0 saturated carbocycles. The molecule has 0 N–H and O–H groups in total. The van der Waals surface area contributed by atoms with Crippen LogP contribution in [0.4, 0.5) is 0 Å². The third-order valence-electron chi connectivity index (χ3n) is 4.07. The largest absolute Gasteiger partial charge is 0.255 e. The van der Waals surface area contributed by atoms with E-state index < -0.39 is 0 Å². The minimum absolute atomic E-state index is 0.249. The molecule has 0 fully saturated rings. The Balaban J connectivity index is 1.86. The topological polar surface area (TPSA) is 92.1 Å². The fraction of sp³-hybridized carbons (Fsp3) is 0.294. The van der Waals surface area contributed by atoms with E-state index >= 15 is 0 Å². The molecule has 0 spiro atoms. The van der Waals surface area contributed by atoms with E-state index in [0.717, 1.165) is 33.8 Å². The van der Waals surface area contributed by atoms with Crippen LogP contribution in [-0.4, -0.2) is 45.0 Å². The van der Waals surface area contributed by atoms with Gasteiger partial charge in [0.25, 0.3) is 0 Å². The number of aromatic nitrogens is 9. The molecular weight excluding hydrogens is 330 g/mol. The van der Waals surface area contributed by atoms with Crippen LogP contribution in [0, 0.1) is 0 Å². The Kier molecular flexibility index (Phi) is 3.83. The quantitative estimate of drug-likeness (QED) is 0.560. The maximum absolute atomic E-state index is 4.32. The summed E-state index contributed by atoms with van der Waals surface area (Å²) in [5, 5.41) is 25.0. The molecule has 0 radical (unpaired) electrons. The molecule has 0 atom stereocenters. The Hall–Kier alpha value is -3.36. The van der Waals surface area contributed by atoms with E-state index in [-0.39, 0.29) is 6.04 Å². The lowest BCUT2D eigenvalue weighted by Gasteiger charge is -2.05. The molecule has 0 saturated heterocycles.